The van der Waals surface area contributed by atoms with Gasteiger partial charge in [-0.05, 0) is 86.8 Å². The van der Waals surface area contributed by atoms with Gasteiger partial charge < -0.3 is 15.0 Å². The molecule has 0 amide bonds. The smallest absolute Gasteiger partial charge is 0.343 e. The zero-order valence-electron chi connectivity index (χ0n) is 21.6. The third-order valence-corrected chi connectivity index (χ3v) is 6.91. The minimum absolute atomic E-state index is 0.000143. The fraction of sp³-hybridized carbons (Fsp3) is 0.207. The van der Waals surface area contributed by atoms with Gasteiger partial charge in [-0.2, -0.15) is 4.98 Å². The Kier molecular flexibility index (Phi) is 6.93. The molecule has 0 spiro atoms. The van der Waals surface area contributed by atoms with Gasteiger partial charge in [0, 0.05) is 35.6 Å². The Bertz CT molecular complexity index is 1560. The molecule has 1 unspecified atom stereocenters. The number of halogens is 1. The van der Waals surface area contributed by atoms with E-state index in [0.717, 1.165) is 28.2 Å². The number of ether oxygens (including phenoxy) is 1. The molecule has 39 heavy (non-hydrogen) atoms. The van der Waals surface area contributed by atoms with Crippen LogP contribution < -0.4 is 15.0 Å². The number of nitro benzene ring substituents is 1. The van der Waals surface area contributed by atoms with Gasteiger partial charge in [-0.3, -0.25) is 10.1 Å². The van der Waals surface area contributed by atoms with E-state index in [9.17, 15) is 19.3 Å². The lowest BCUT2D eigenvalue weighted by atomic mass is 9.93. The van der Waals surface area contributed by atoms with Crippen molar-refractivity contribution in [3.05, 3.63) is 111 Å². The molecule has 1 aliphatic heterocycles. The van der Waals surface area contributed by atoms with Gasteiger partial charge in [0.1, 0.15) is 17.4 Å². The fourth-order valence-electron chi connectivity index (χ4n) is 4.66. The van der Waals surface area contributed by atoms with Crippen molar-refractivity contribution in [3.8, 4) is 5.75 Å². The average molecular weight is 528 g/mol. The van der Waals surface area contributed by atoms with Crippen molar-refractivity contribution in [1.29, 1.82) is 0 Å². The molecule has 5 rings (SSSR count). The molecule has 2 heterocycles. The van der Waals surface area contributed by atoms with E-state index in [1.54, 1.807) is 18.2 Å². The van der Waals surface area contributed by atoms with Crippen molar-refractivity contribution in [1.82, 2.24) is 9.97 Å². The number of benzene rings is 3. The van der Waals surface area contributed by atoms with E-state index in [0.29, 0.717) is 30.4 Å². The molecule has 0 bridgehead atoms. The van der Waals surface area contributed by atoms with Crippen LogP contribution in [0.2, 0.25) is 0 Å². The first-order chi connectivity index (χ1) is 18.7. The van der Waals surface area contributed by atoms with Crippen LogP contribution in [0.1, 0.15) is 45.7 Å². The van der Waals surface area contributed by atoms with E-state index in [-0.39, 0.29) is 23.1 Å². The minimum atomic E-state index is -0.580. The number of aryl methyl sites for hydroxylation is 1. The summed E-state index contributed by atoms with van der Waals surface area (Å²) in [5, 5.41) is 14.0. The summed E-state index contributed by atoms with van der Waals surface area (Å²) in [5.41, 5.74) is 4.82. The lowest BCUT2D eigenvalue weighted by Gasteiger charge is -2.37. The Balaban J connectivity index is 1.34. The number of esters is 1. The second-order valence-electron chi connectivity index (χ2n) is 9.39. The molecule has 1 N–H and O–H groups in total. The Morgan fingerprint density at radius 3 is 2.49 bits per heavy atom. The normalized spacial score (nSPS) is 14.5. The summed E-state index contributed by atoms with van der Waals surface area (Å²) in [6, 6.07) is 16.9. The number of hydrogen-bond donors (Lipinski definition) is 1. The SMILES string of the molecule is Cc1nc(Nc2ccc(F)cc2)nc(N2CCc3cc(OC(=O)c4ccc([N+](=O)[O-])cc4)ccc3C2C)c1C. The molecule has 9 nitrogen and oxygen atoms in total. The van der Waals surface area contributed by atoms with Crippen molar-refractivity contribution in [3.63, 3.8) is 0 Å². The maximum Gasteiger partial charge on any atom is 0.343 e. The first-order valence-electron chi connectivity index (χ1n) is 12.4. The number of carbonyl (C=O) groups is 1. The van der Waals surface area contributed by atoms with Gasteiger partial charge >= 0.3 is 5.97 Å². The molecule has 1 aromatic heterocycles. The Morgan fingerprint density at radius 1 is 1.08 bits per heavy atom. The minimum Gasteiger partial charge on any atom is -0.423 e. The highest BCUT2D eigenvalue weighted by atomic mass is 19.1. The van der Waals surface area contributed by atoms with E-state index in [1.807, 2.05) is 26.0 Å². The van der Waals surface area contributed by atoms with Crippen LogP contribution in [0, 0.1) is 29.8 Å². The van der Waals surface area contributed by atoms with Crippen molar-refractivity contribution in [2.75, 3.05) is 16.8 Å². The number of fused-ring (bicyclic) bond motifs is 1. The van der Waals surface area contributed by atoms with E-state index in [1.165, 1.54) is 36.4 Å². The second kappa shape index (κ2) is 10.5. The highest BCUT2D eigenvalue weighted by molar-refractivity contribution is 5.91. The van der Waals surface area contributed by atoms with Gasteiger partial charge in [-0.15, -0.1) is 0 Å². The van der Waals surface area contributed by atoms with Crippen LogP contribution in [0.5, 0.6) is 5.75 Å². The standard InChI is InChI=1S/C29H26FN5O4/c1-17-18(2)31-29(32-23-8-6-22(30)7-9-23)33-27(17)34-15-14-21-16-25(12-13-26(21)19(34)3)39-28(36)20-4-10-24(11-5-20)35(37)38/h4-13,16,19H,14-15H2,1-3H3,(H,31,32,33). The summed E-state index contributed by atoms with van der Waals surface area (Å²) in [4.78, 5) is 34.5. The predicted octanol–water partition coefficient (Wildman–Crippen LogP) is 6.23. The molecular formula is C29H26FN5O4. The summed E-state index contributed by atoms with van der Waals surface area (Å²) >= 11 is 0. The van der Waals surface area contributed by atoms with Crippen LogP contribution in [-0.2, 0) is 6.42 Å². The lowest BCUT2D eigenvalue weighted by Crippen LogP contribution is -2.35. The fourth-order valence-corrected chi connectivity index (χ4v) is 4.66. The van der Waals surface area contributed by atoms with Crippen molar-refractivity contribution in [2.24, 2.45) is 0 Å². The number of anilines is 3. The number of nitro groups is 1. The van der Waals surface area contributed by atoms with E-state index in [2.05, 4.69) is 22.1 Å². The maximum atomic E-state index is 13.3. The number of carbonyl (C=O) groups excluding carboxylic acids is 1. The molecule has 0 aliphatic carbocycles. The number of nitrogens with one attached hydrogen (secondary N) is 1. The predicted molar refractivity (Wildman–Crippen MR) is 145 cm³/mol. The molecule has 0 saturated heterocycles. The quantitative estimate of drug-likeness (QED) is 0.136. The first kappa shape index (κ1) is 25.8. The average Bonchev–Trinajstić information content (AvgIpc) is 2.92. The number of hydrogen-bond acceptors (Lipinski definition) is 8. The molecule has 3 aromatic carbocycles. The van der Waals surface area contributed by atoms with Crippen LogP contribution in [0.25, 0.3) is 0 Å². The second-order valence-corrected chi connectivity index (χ2v) is 9.39. The van der Waals surface area contributed by atoms with E-state index >= 15 is 0 Å². The van der Waals surface area contributed by atoms with Gasteiger partial charge in [0.05, 0.1) is 16.5 Å². The molecule has 0 fully saturated rings. The number of nitrogens with zero attached hydrogens (tertiary/aromatic N) is 4. The van der Waals surface area contributed by atoms with Crippen LogP contribution in [0.4, 0.5) is 27.5 Å². The van der Waals surface area contributed by atoms with Crippen molar-refractivity contribution >= 4 is 29.1 Å². The highest BCUT2D eigenvalue weighted by Gasteiger charge is 2.28. The van der Waals surface area contributed by atoms with Crippen LogP contribution in [-0.4, -0.2) is 27.4 Å². The highest BCUT2D eigenvalue weighted by Crippen LogP contribution is 2.36. The summed E-state index contributed by atoms with van der Waals surface area (Å²) in [7, 11) is 0. The molecule has 10 heteroatoms. The third-order valence-electron chi connectivity index (χ3n) is 6.91. The molecule has 1 aliphatic rings. The maximum absolute atomic E-state index is 13.3. The van der Waals surface area contributed by atoms with Gasteiger partial charge in [0.2, 0.25) is 5.95 Å². The van der Waals surface area contributed by atoms with Crippen molar-refractivity contribution < 1.29 is 18.8 Å². The topological polar surface area (TPSA) is 110 Å². The molecular weight excluding hydrogens is 501 g/mol. The Labute approximate surface area is 224 Å². The third kappa shape index (κ3) is 5.40. The van der Waals surface area contributed by atoms with Gasteiger partial charge in [-0.1, -0.05) is 6.07 Å². The van der Waals surface area contributed by atoms with Gasteiger partial charge in [0.25, 0.3) is 5.69 Å². The molecule has 1 atom stereocenters. The molecule has 4 aromatic rings. The van der Waals surface area contributed by atoms with Crippen LogP contribution in [0.15, 0.2) is 66.7 Å². The summed E-state index contributed by atoms with van der Waals surface area (Å²) in [6.45, 7) is 6.73. The Morgan fingerprint density at radius 2 is 1.79 bits per heavy atom. The largest absolute Gasteiger partial charge is 0.423 e. The lowest BCUT2D eigenvalue weighted by molar-refractivity contribution is -0.384. The van der Waals surface area contributed by atoms with Crippen molar-refractivity contribution in [2.45, 2.75) is 33.2 Å². The number of aromatic nitrogens is 2. The number of non-ortho nitro benzene ring substituents is 1. The number of rotatable bonds is 6. The van der Waals surface area contributed by atoms with Gasteiger partial charge in [0.15, 0.2) is 0 Å². The molecule has 0 saturated carbocycles. The summed E-state index contributed by atoms with van der Waals surface area (Å²) < 4.78 is 18.9. The monoisotopic (exact) mass is 527 g/mol. The Hall–Kier alpha value is -4.86. The zero-order valence-corrected chi connectivity index (χ0v) is 21.6. The van der Waals surface area contributed by atoms with Crippen LogP contribution in [0.3, 0.4) is 0 Å². The van der Waals surface area contributed by atoms with Gasteiger partial charge in [-0.25, -0.2) is 14.2 Å². The van der Waals surface area contributed by atoms with E-state index < -0.39 is 10.9 Å². The van der Waals surface area contributed by atoms with Crippen LogP contribution >= 0.6 is 0 Å². The summed E-state index contributed by atoms with van der Waals surface area (Å²) in [6.07, 6.45) is 0.714. The first-order valence-corrected chi connectivity index (χ1v) is 12.4. The zero-order chi connectivity index (χ0) is 27.7. The molecule has 198 valence electrons. The van der Waals surface area contributed by atoms with E-state index in [4.69, 9.17) is 9.72 Å². The molecule has 0 radical (unpaired) electrons. The summed E-state index contributed by atoms with van der Waals surface area (Å²) in [5.74, 6) is 0.777.